The lowest BCUT2D eigenvalue weighted by molar-refractivity contribution is 0.277. The van der Waals surface area contributed by atoms with Crippen LogP contribution in [0.2, 0.25) is 0 Å². The molecule has 0 aromatic rings. The summed E-state index contributed by atoms with van der Waals surface area (Å²) in [6.07, 6.45) is 2.37. The molecule has 1 N–H and O–H groups in total. The predicted octanol–water partition coefficient (Wildman–Crippen LogP) is 0.410. The van der Waals surface area contributed by atoms with Crippen molar-refractivity contribution in [1.82, 2.24) is 9.62 Å². The van der Waals surface area contributed by atoms with Crippen LogP contribution in [-0.2, 0) is 10.0 Å². The van der Waals surface area contributed by atoms with Crippen molar-refractivity contribution < 1.29 is 8.42 Å². The monoisotopic (exact) mass is 220 g/mol. The first-order chi connectivity index (χ1) is 6.56. The van der Waals surface area contributed by atoms with Gasteiger partial charge in [-0.2, -0.15) is 0 Å². The lowest BCUT2D eigenvalue weighted by Gasteiger charge is -2.28. The number of sulfonamides is 1. The van der Waals surface area contributed by atoms with Crippen molar-refractivity contribution in [2.24, 2.45) is 0 Å². The minimum Gasteiger partial charge on any atom is -0.306 e. The number of likely N-dealkylation sites (tertiary alicyclic amines) is 1. The third kappa shape index (κ3) is 3.22. The summed E-state index contributed by atoms with van der Waals surface area (Å²) in [6, 6.07) is 0. The largest absolute Gasteiger partial charge is 0.306 e. The Hall–Kier alpha value is -0.130. The standard InChI is InChI=1S/C9H20N2O2S/c1-3-6-10-14(12,13)9-4-7-11(2)8-5-9/h9-10H,3-8H2,1-2H3. The summed E-state index contributed by atoms with van der Waals surface area (Å²) >= 11 is 0. The fraction of sp³-hybridized carbons (Fsp3) is 1.00. The van der Waals surface area contributed by atoms with Gasteiger partial charge < -0.3 is 4.90 Å². The van der Waals surface area contributed by atoms with E-state index in [1.54, 1.807) is 0 Å². The van der Waals surface area contributed by atoms with E-state index in [0.717, 1.165) is 32.4 Å². The number of piperidine rings is 1. The Morgan fingerprint density at radius 3 is 2.43 bits per heavy atom. The zero-order valence-electron chi connectivity index (χ0n) is 8.99. The SMILES string of the molecule is CCCNS(=O)(=O)C1CCN(C)CC1. The summed E-state index contributed by atoms with van der Waals surface area (Å²) in [4.78, 5) is 2.17. The highest BCUT2D eigenvalue weighted by molar-refractivity contribution is 7.90. The van der Waals surface area contributed by atoms with Gasteiger partial charge in [0.05, 0.1) is 5.25 Å². The molecule has 0 aromatic carbocycles. The van der Waals surface area contributed by atoms with Crippen LogP contribution >= 0.6 is 0 Å². The Balaban J connectivity index is 2.47. The highest BCUT2D eigenvalue weighted by Crippen LogP contribution is 2.15. The van der Waals surface area contributed by atoms with Crippen molar-refractivity contribution in [2.75, 3.05) is 26.7 Å². The van der Waals surface area contributed by atoms with E-state index in [0.29, 0.717) is 6.54 Å². The molecule has 0 unspecified atom stereocenters. The molecule has 0 radical (unpaired) electrons. The topological polar surface area (TPSA) is 49.4 Å². The molecule has 0 saturated carbocycles. The molecule has 84 valence electrons. The van der Waals surface area contributed by atoms with Crippen LogP contribution in [0.1, 0.15) is 26.2 Å². The molecule has 5 heteroatoms. The predicted molar refractivity (Wildman–Crippen MR) is 57.7 cm³/mol. The first-order valence-electron chi connectivity index (χ1n) is 5.23. The van der Waals surface area contributed by atoms with Crippen molar-refractivity contribution in [3.05, 3.63) is 0 Å². The highest BCUT2D eigenvalue weighted by atomic mass is 32.2. The number of hydrogen-bond donors (Lipinski definition) is 1. The Morgan fingerprint density at radius 2 is 1.93 bits per heavy atom. The van der Waals surface area contributed by atoms with E-state index in [1.165, 1.54) is 0 Å². The van der Waals surface area contributed by atoms with Gasteiger partial charge in [0.2, 0.25) is 10.0 Å². The molecule has 0 atom stereocenters. The Morgan fingerprint density at radius 1 is 1.36 bits per heavy atom. The number of rotatable bonds is 4. The number of nitrogens with one attached hydrogen (secondary N) is 1. The molecule has 0 amide bonds. The smallest absolute Gasteiger partial charge is 0.214 e. The molecule has 1 rings (SSSR count). The number of nitrogens with zero attached hydrogens (tertiary/aromatic N) is 1. The van der Waals surface area contributed by atoms with Gasteiger partial charge >= 0.3 is 0 Å². The maximum Gasteiger partial charge on any atom is 0.214 e. The second-order valence-electron chi connectivity index (χ2n) is 3.94. The van der Waals surface area contributed by atoms with Gasteiger partial charge in [0.15, 0.2) is 0 Å². The lowest BCUT2D eigenvalue weighted by atomic mass is 10.1. The summed E-state index contributed by atoms with van der Waals surface area (Å²) in [6.45, 7) is 4.31. The van der Waals surface area contributed by atoms with Crippen molar-refractivity contribution in [1.29, 1.82) is 0 Å². The van der Waals surface area contributed by atoms with E-state index in [1.807, 2.05) is 14.0 Å². The van der Waals surface area contributed by atoms with E-state index < -0.39 is 10.0 Å². The summed E-state index contributed by atoms with van der Waals surface area (Å²) in [5.74, 6) is 0. The van der Waals surface area contributed by atoms with Gasteiger partial charge in [0.25, 0.3) is 0 Å². The summed E-state index contributed by atoms with van der Waals surface area (Å²) in [5.41, 5.74) is 0. The van der Waals surface area contributed by atoms with Crippen molar-refractivity contribution in [2.45, 2.75) is 31.4 Å². The Bertz CT molecular complexity index is 256. The normalized spacial score (nSPS) is 21.3. The second kappa shape index (κ2) is 5.09. The van der Waals surface area contributed by atoms with Gasteiger partial charge in [-0.3, -0.25) is 0 Å². The molecule has 1 heterocycles. The quantitative estimate of drug-likeness (QED) is 0.746. The molecule has 0 bridgehead atoms. The molecule has 4 nitrogen and oxygen atoms in total. The maximum atomic E-state index is 11.7. The highest BCUT2D eigenvalue weighted by Gasteiger charge is 2.27. The molecular formula is C9H20N2O2S. The van der Waals surface area contributed by atoms with Gasteiger partial charge in [-0.25, -0.2) is 13.1 Å². The fourth-order valence-electron chi connectivity index (χ4n) is 1.66. The first kappa shape index (κ1) is 11.9. The van der Waals surface area contributed by atoms with Crippen LogP contribution in [0.15, 0.2) is 0 Å². The minimum absolute atomic E-state index is 0.176. The summed E-state index contributed by atoms with van der Waals surface area (Å²) < 4.78 is 26.1. The lowest BCUT2D eigenvalue weighted by Crippen LogP contribution is -2.42. The van der Waals surface area contributed by atoms with Crippen LogP contribution in [0.3, 0.4) is 0 Å². The molecule has 0 aromatic heterocycles. The molecule has 1 aliphatic heterocycles. The molecule has 0 spiro atoms. The van der Waals surface area contributed by atoms with Gasteiger partial charge in [0.1, 0.15) is 0 Å². The molecule has 1 saturated heterocycles. The van der Waals surface area contributed by atoms with Crippen LogP contribution < -0.4 is 4.72 Å². The van der Waals surface area contributed by atoms with Crippen LogP contribution in [0.25, 0.3) is 0 Å². The van der Waals surface area contributed by atoms with Crippen LogP contribution in [0, 0.1) is 0 Å². The molecular weight excluding hydrogens is 200 g/mol. The van der Waals surface area contributed by atoms with Gasteiger partial charge in [-0.15, -0.1) is 0 Å². The van der Waals surface area contributed by atoms with E-state index in [4.69, 9.17) is 0 Å². The van der Waals surface area contributed by atoms with Crippen LogP contribution in [0.5, 0.6) is 0 Å². The minimum atomic E-state index is -3.05. The first-order valence-corrected chi connectivity index (χ1v) is 6.78. The molecule has 14 heavy (non-hydrogen) atoms. The van der Waals surface area contributed by atoms with E-state index in [9.17, 15) is 8.42 Å². The van der Waals surface area contributed by atoms with Crippen LogP contribution in [0.4, 0.5) is 0 Å². The van der Waals surface area contributed by atoms with Crippen molar-refractivity contribution in [3.63, 3.8) is 0 Å². The third-order valence-corrected chi connectivity index (χ3v) is 4.61. The zero-order valence-corrected chi connectivity index (χ0v) is 9.81. The van der Waals surface area contributed by atoms with E-state index in [-0.39, 0.29) is 5.25 Å². The Kier molecular flexibility index (Phi) is 4.34. The zero-order chi connectivity index (χ0) is 10.6. The second-order valence-corrected chi connectivity index (χ2v) is 5.99. The molecule has 1 fully saturated rings. The Labute approximate surface area is 86.7 Å². The average Bonchev–Trinajstić information content (AvgIpc) is 2.16. The maximum absolute atomic E-state index is 11.7. The van der Waals surface area contributed by atoms with Crippen LogP contribution in [-0.4, -0.2) is 45.2 Å². The van der Waals surface area contributed by atoms with Crippen molar-refractivity contribution in [3.8, 4) is 0 Å². The summed E-state index contributed by atoms with van der Waals surface area (Å²) in [5, 5.41) is -0.176. The third-order valence-electron chi connectivity index (χ3n) is 2.66. The van der Waals surface area contributed by atoms with Gasteiger partial charge in [0, 0.05) is 6.54 Å². The van der Waals surface area contributed by atoms with Gasteiger partial charge in [-0.1, -0.05) is 6.92 Å². The fourth-order valence-corrected chi connectivity index (χ4v) is 3.21. The van der Waals surface area contributed by atoms with E-state index >= 15 is 0 Å². The van der Waals surface area contributed by atoms with Gasteiger partial charge in [-0.05, 0) is 39.4 Å². The number of hydrogen-bond acceptors (Lipinski definition) is 3. The van der Waals surface area contributed by atoms with Crippen molar-refractivity contribution >= 4 is 10.0 Å². The molecule has 1 aliphatic rings. The average molecular weight is 220 g/mol. The van der Waals surface area contributed by atoms with E-state index in [2.05, 4.69) is 9.62 Å². The summed E-state index contributed by atoms with van der Waals surface area (Å²) in [7, 11) is -1.02. The molecule has 0 aliphatic carbocycles.